The van der Waals surface area contributed by atoms with E-state index in [4.69, 9.17) is 9.47 Å². The van der Waals surface area contributed by atoms with Crippen molar-refractivity contribution in [1.29, 1.82) is 0 Å². The second-order valence-corrected chi connectivity index (χ2v) is 14.2. The van der Waals surface area contributed by atoms with Crippen LogP contribution in [0.5, 0.6) is 23.0 Å². The van der Waals surface area contributed by atoms with E-state index in [-0.39, 0.29) is 12.5 Å². The smallest absolute Gasteiger partial charge is 0.234 e. The summed E-state index contributed by atoms with van der Waals surface area (Å²) in [6, 6.07) is 60.1. The highest BCUT2D eigenvalue weighted by Crippen LogP contribution is 2.61. The highest BCUT2D eigenvalue weighted by atomic mass is 16.5. The van der Waals surface area contributed by atoms with Gasteiger partial charge in [0.25, 0.3) is 0 Å². The largest absolute Gasteiger partial charge is 0.457 e. The normalized spacial score (nSPS) is 15.4. The number of rotatable bonds is 5. The third kappa shape index (κ3) is 5.06. The van der Waals surface area contributed by atoms with Crippen molar-refractivity contribution in [1.82, 2.24) is 0 Å². The van der Waals surface area contributed by atoms with Gasteiger partial charge in [-0.1, -0.05) is 187 Å². The Morgan fingerprint density at radius 3 is 1.74 bits per heavy atom. The average Bonchev–Trinajstić information content (AvgIpc) is 3.49. The lowest BCUT2D eigenvalue weighted by Crippen LogP contribution is -2.48. The van der Waals surface area contributed by atoms with Gasteiger partial charge in [-0.3, -0.25) is 0 Å². The van der Waals surface area contributed by atoms with E-state index in [0.29, 0.717) is 0 Å². The van der Waals surface area contributed by atoms with Crippen LogP contribution in [-0.4, -0.2) is 6.71 Å². The number of allylic oxidation sites excluding steroid dienone is 4. The molecule has 0 N–H and O–H groups in total. The lowest BCUT2D eigenvalue weighted by atomic mass is 9.32. The van der Waals surface area contributed by atoms with E-state index >= 15 is 0 Å². The van der Waals surface area contributed by atoms with Crippen molar-refractivity contribution in [3.05, 3.63) is 221 Å². The van der Waals surface area contributed by atoms with Gasteiger partial charge < -0.3 is 9.47 Å². The molecule has 54 heavy (non-hydrogen) atoms. The zero-order chi connectivity index (χ0) is 36.1. The standard InChI is InChI=1S/C51H35BO2/c1-35-34-39(37-18-6-3-7-19-37)31-33-45(35)52(40-21-14-20-38(30-32-40)36-16-4-2-5-17-36)46-26-15-25-44-50(46)54-49-29-13-10-24-43(49)51(44)41-22-8-11-27-47(41)53-48-28-12-9-23-42(48)51/h2-13,15-20,22-34,40H,1H3. The van der Waals surface area contributed by atoms with Gasteiger partial charge in [0.2, 0.25) is 6.71 Å². The molecule has 0 aromatic heterocycles. The summed E-state index contributed by atoms with van der Waals surface area (Å²) >= 11 is 0. The molecule has 1 spiro atoms. The van der Waals surface area contributed by atoms with E-state index in [0.717, 1.165) is 61.9 Å². The molecule has 2 aliphatic heterocycles. The molecule has 0 saturated carbocycles. The summed E-state index contributed by atoms with van der Waals surface area (Å²) in [5.41, 5.74) is 11.9. The average molecular weight is 691 g/mol. The first-order valence-electron chi connectivity index (χ1n) is 18.6. The third-order valence-electron chi connectivity index (χ3n) is 11.2. The summed E-state index contributed by atoms with van der Waals surface area (Å²) in [5, 5.41) is 0. The molecule has 1 aliphatic carbocycles. The summed E-state index contributed by atoms with van der Waals surface area (Å²) in [5.74, 6) is 10.4. The van der Waals surface area contributed by atoms with Crippen molar-refractivity contribution in [3.8, 4) is 46.0 Å². The number of para-hydroxylation sites is 4. The van der Waals surface area contributed by atoms with Gasteiger partial charge in [0.15, 0.2) is 0 Å². The molecular formula is C51H35BO2. The van der Waals surface area contributed by atoms with E-state index in [2.05, 4.69) is 201 Å². The topological polar surface area (TPSA) is 18.5 Å². The highest BCUT2D eigenvalue weighted by molar-refractivity contribution is 6.88. The van der Waals surface area contributed by atoms with Crippen LogP contribution < -0.4 is 20.4 Å². The Kier molecular flexibility index (Phi) is 7.71. The SMILES string of the molecule is Cc1cc(-c2ccccc2)ccc1B(c1cccc2c1Oc1ccccc1C21c2ccccc2Oc2ccccc21)C1C#CC=C(c2ccccc2)C=C1. The molecule has 0 amide bonds. The van der Waals surface area contributed by atoms with Crippen LogP contribution in [0, 0.1) is 18.8 Å². The maximum absolute atomic E-state index is 7.19. The number of fused-ring (bicyclic) bond motifs is 8. The number of ether oxygens (including phenoxy) is 2. The van der Waals surface area contributed by atoms with Crippen molar-refractivity contribution in [3.63, 3.8) is 0 Å². The Morgan fingerprint density at radius 1 is 0.519 bits per heavy atom. The van der Waals surface area contributed by atoms with Crippen LogP contribution in [0.1, 0.15) is 33.4 Å². The minimum atomic E-state index is -0.671. The van der Waals surface area contributed by atoms with Gasteiger partial charge in [-0.15, -0.1) is 0 Å². The fourth-order valence-corrected chi connectivity index (χ4v) is 8.82. The van der Waals surface area contributed by atoms with E-state index in [1.165, 1.54) is 22.2 Å². The van der Waals surface area contributed by atoms with Crippen LogP contribution in [0.15, 0.2) is 188 Å². The van der Waals surface area contributed by atoms with Gasteiger partial charge in [-0.05, 0) is 58.9 Å². The summed E-state index contributed by atoms with van der Waals surface area (Å²) in [6.07, 6.45) is 6.57. The lowest BCUT2D eigenvalue weighted by Gasteiger charge is -2.45. The van der Waals surface area contributed by atoms with Crippen molar-refractivity contribution in [2.24, 2.45) is 0 Å². The van der Waals surface area contributed by atoms with Crippen molar-refractivity contribution >= 4 is 23.2 Å². The molecule has 0 radical (unpaired) electrons. The van der Waals surface area contributed by atoms with Crippen LogP contribution in [0.4, 0.5) is 0 Å². The summed E-state index contributed by atoms with van der Waals surface area (Å²) < 4.78 is 13.8. The molecule has 7 aromatic carbocycles. The first-order chi connectivity index (χ1) is 26.7. The molecule has 2 nitrogen and oxygen atoms in total. The molecule has 0 bridgehead atoms. The summed E-state index contributed by atoms with van der Waals surface area (Å²) in [4.78, 5) is 0. The van der Waals surface area contributed by atoms with Gasteiger partial charge in [0.05, 0.1) is 5.41 Å². The monoisotopic (exact) mass is 690 g/mol. The van der Waals surface area contributed by atoms with Crippen molar-refractivity contribution < 1.29 is 9.47 Å². The molecule has 7 aromatic rings. The zero-order valence-electron chi connectivity index (χ0n) is 29.9. The molecule has 1 atom stereocenters. The first kappa shape index (κ1) is 31.9. The number of aryl methyl sites for hydroxylation is 1. The van der Waals surface area contributed by atoms with Crippen LogP contribution in [0.2, 0.25) is 5.82 Å². The van der Waals surface area contributed by atoms with Gasteiger partial charge in [-0.2, -0.15) is 0 Å². The van der Waals surface area contributed by atoms with Crippen molar-refractivity contribution in [2.45, 2.75) is 18.2 Å². The number of hydrogen-bond donors (Lipinski definition) is 0. The molecular weight excluding hydrogens is 655 g/mol. The van der Waals surface area contributed by atoms with E-state index in [1.807, 2.05) is 6.08 Å². The molecule has 10 rings (SSSR count). The van der Waals surface area contributed by atoms with E-state index < -0.39 is 5.41 Å². The van der Waals surface area contributed by atoms with Crippen LogP contribution in [0.3, 0.4) is 0 Å². The first-order valence-corrected chi connectivity index (χ1v) is 18.6. The predicted octanol–water partition coefficient (Wildman–Crippen LogP) is 10.9. The van der Waals surface area contributed by atoms with Gasteiger partial charge in [-0.25, -0.2) is 0 Å². The molecule has 3 heteroatoms. The molecule has 3 aliphatic rings. The van der Waals surface area contributed by atoms with E-state index in [1.54, 1.807) is 0 Å². The maximum atomic E-state index is 7.19. The fourth-order valence-electron chi connectivity index (χ4n) is 8.82. The highest BCUT2D eigenvalue weighted by Gasteiger charge is 2.51. The van der Waals surface area contributed by atoms with Crippen molar-refractivity contribution in [2.75, 3.05) is 0 Å². The van der Waals surface area contributed by atoms with Crippen LogP contribution in [0.25, 0.3) is 16.7 Å². The molecule has 0 fully saturated rings. The van der Waals surface area contributed by atoms with Gasteiger partial charge in [0, 0.05) is 28.1 Å². The Hall–Kier alpha value is -6.76. The predicted molar refractivity (Wildman–Crippen MR) is 222 cm³/mol. The molecule has 254 valence electrons. The Labute approximate surface area is 317 Å². The lowest BCUT2D eigenvalue weighted by molar-refractivity contribution is 0.401. The molecule has 1 unspecified atom stereocenters. The number of benzene rings is 7. The third-order valence-corrected chi connectivity index (χ3v) is 11.2. The van der Waals surface area contributed by atoms with Crippen LogP contribution >= 0.6 is 0 Å². The molecule has 0 saturated heterocycles. The fraction of sp³-hybridized carbons (Fsp3) is 0.0588. The maximum Gasteiger partial charge on any atom is 0.234 e. The minimum absolute atomic E-state index is 0.135. The summed E-state index contributed by atoms with van der Waals surface area (Å²) in [7, 11) is 0. The van der Waals surface area contributed by atoms with Crippen LogP contribution in [-0.2, 0) is 5.41 Å². The second kappa shape index (κ2) is 13.0. The minimum Gasteiger partial charge on any atom is -0.457 e. The van der Waals surface area contributed by atoms with Gasteiger partial charge >= 0.3 is 0 Å². The quantitative estimate of drug-likeness (QED) is 0.132. The number of hydrogen-bond acceptors (Lipinski definition) is 2. The summed E-state index contributed by atoms with van der Waals surface area (Å²) in [6.45, 7) is 2.10. The Morgan fingerprint density at radius 2 is 1.09 bits per heavy atom. The van der Waals surface area contributed by atoms with Gasteiger partial charge in [0.1, 0.15) is 23.0 Å². The second-order valence-electron chi connectivity index (χ2n) is 14.2. The Balaban J connectivity index is 1.22. The molecule has 2 heterocycles. The zero-order valence-corrected chi connectivity index (χ0v) is 29.9. The van der Waals surface area contributed by atoms with E-state index in [9.17, 15) is 0 Å². The Bertz CT molecular complexity index is 2630.